The molecule has 0 aliphatic rings. The molecule has 0 atom stereocenters. The highest BCUT2D eigenvalue weighted by Gasteiger charge is 2.07. The Hall–Kier alpha value is -1.85. The van der Waals surface area contributed by atoms with Gasteiger partial charge in [0.25, 0.3) is 0 Å². The second-order valence-electron chi connectivity index (χ2n) is 4.15. The van der Waals surface area contributed by atoms with Crippen LogP contribution in [-0.2, 0) is 4.79 Å². The average molecular weight is 265 g/mol. The van der Waals surface area contributed by atoms with E-state index in [9.17, 15) is 4.79 Å². The van der Waals surface area contributed by atoms with Crippen LogP contribution in [0.2, 0.25) is 0 Å². The van der Waals surface area contributed by atoms with Crippen molar-refractivity contribution < 1.29 is 19.7 Å². The molecule has 0 aliphatic heterocycles. The Morgan fingerprint density at radius 3 is 2.68 bits per heavy atom. The van der Waals surface area contributed by atoms with Gasteiger partial charge in [-0.1, -0.05) is 11.6 Å². The maximum absolute atomic E-state index is 11.6. The predicted molar refractivity (Wildman–Crippen MR) is 72.9 cm³/mol. The van der Waals surface area contributed by atoms with Crippen molar-refractivity contribution in [2.45, 2.75) is 13.0 Å². The average Bonchev–Trinajstić information content (AvgIpc) is 2.42. The zero-order valence-electron chi connectivity index (χ0n) is 11.1. The van der Waals surface area contributed by atoms with Crippen molar-refractivity contribution in [3.05, 3.63) is 35.4 Å². The van der Waals surface area contributed by atoms with Crippen LogP contribution in [0.15, 0.2) is 24.3 Å². The number of aliphatic hydroxyl groups is 2. The number of rotatable bonds is 6. The van der Waals surface area contributed by atoms with Crippen LogP contribution >= 0.6 is 0 Å². The van der Waals surface area contributed by atoms with Gasteiger partial charge in [-0.05, 0) is 25.1 Å². The van der Waals surface area contributed by atoms with Gasteiger partial charge in [-0.3, -0.25) is 4.79 Å². The number of carbonyl (C=O) groups is 1. The van der Waals surface area contributed by atoms with Gasteiger partial charge in [-0.2, -0.15) is 0 Å². The van der Waals surface area contributed by atoms with Gasteiger partial charge in [0.05, 0.1) is 26.4 Å². The fourth-order valence-corrected chi connectivity index (χ4v) is 1.55. The number of benzene rings is 1. The molecule has 104 valence electrons. The lowest BCUT2D eigenvalue weighted by molar-refractivity contribution is -0.117. The number of methoxy groups -OCH3 is 1. The molecular weight excluding hydrogens is 246 g/mol. The van der Waals surface area contributed by atoms with E-state index in [1.54, 1.807) is 13.2 Å². The Labute approximate surface area is 112 Å². The normalized spacial score (nSPS) is 11.0. The molecule has 0 saturated heterocycles. The lowest BCUT2D eigenvalue weighted by Crippen LogP contribution is -2.39. The number of nitrogens with one attached hydrogen (secondary N) is 1. The lowest BCUT2D eigenvalue weighted by atomic mass is 10.1. The maximum Gasteiger partial charge on any atom is 0.244 e. The van der Waals surface area contributed by atoms with Gasteiger partial charge in [-0.25, -0.2) is 0 Å². The monoisotopic (exact) mass is 265 g/mol. The molecule has 0 aliphatic carbocycles. The molecule has 3 N–H and O–H groups in total. The summed E-state index contributed by atoms with van der Waals surface area (Å²) in [5.41, 5.74) is 1.85. The highest BCUT2D eigenvalue weighted by Crippen LogP contribution is 2.20. The van der Waals surface area contributed by atoms with E-state index >= 15 is 0 Å². The molecular formula is C14H19NO4. The van der Waals surface area contributed by atoms with E-state index < -0.39 is 6.04 Å². The van der Waals surface area contributed by atoms with E-state index in [4.69, 9.17) is 14.9 Å². The Kier molecular flexibility index (Phi) is 6.05. The van der Waals surface area contributed by atoms with Crippen molar-refractivity contribution in [3.63, 3.8) is 0 Å². The number of hydrogen-bond acceptors (Lipinski definition) is 4. The molecule has 5 nitrogen and oxygen atoms in total. The third-order valence-corrected chi connectivity index (χ3v) is 2.59. The molecule has 0 heterocycles. The van der Waals surface area contributed by atoms with Crippen molar-refractivity contribution in [2.24, 2.45) is 0 Å². The minimum Gasteiger partial charge on any atom is -0.496 e. The molecule has 0 fully saturated rings. The fourth-order valence-electron chi connectivity index (χ4n) is 1.55. The summed E-state index contributed by atoms with van der Waals surface area (Å²) in [6.07, 6.45) is 2.97. The van der Waals surface area contributed by atoms with Crippen LogP contribution in [0.25, 0.3) is 6.08 Å². The molecule has 1 aromatic carbocycles. The smallest absolute Gasteiger partial charge is 0.244 e. The third-order valence-electron chi connectivity index (χ3n) is 2.59. The molecule has 1 aromatic rings. The van der Waals surface area contributed by atoms with Gasteiger partial charge in [-0.15, -0.1) is 0 Å². The summed E-state index contributed by atoms with van der Waals surface area (Å²) >= 11 is 0. The zero-order chi connectivity index (χ0) is 14.3. The SMILES string of the molecule is COc1ccc(C)cc1C=CC(=O)NC(CO)CO. The number of carbonyl (C=O) groups excluding carboxylic acids is 1. The minimum absolute atomic E-state index is 0.302. The summed E-state index contributed by atoms with van der Waals surface area (Å²) in [7, 11) is 1.57. The van der Waals surface area contributed by atoms with Crippen LogP contribution in [0.5, 0.6) is 5.75 Å². The first kappa shape index (κ1) is 15.2. The molecule has 0 spiro atoms. The van der Waals surface area contributed by atoms with E-state index in [0.29, 0.717) is 5.75 Å². The topological polar surface area (TPSA) is 78.8 Å². The van der Waals surface area contributed by atoms with Crippen molar-refractivity contribution in [3.8, 4) is 5.75 Å². The Bertz CT molecular complexity index is 453. The Morgan fingerprint density at radius 2 is 2.11 bits per heavy atom. The summed E-state index contributed by atoms with van der Waals surface area (Å²) in [4.78, 5) is 11.6. The van der Waals surface area contributed by atoms with Crippen molar-refractivity contribution >= 4 is 12.0 Å². The number of aryl methyl sites for hydroxylation is 1. The lowest BCUT2D eigenvalue weighted by Gasteiger charge is -2.11. The number of amides is 1. The molecule has 0 bridgehead atoms. The van der Waals surface area contributed by atoms with Crippen LogP contribution in [0.1, 0.15) is 11.1 Å². The van der Waals surface area contributed by atoms with Gasteiger partial charge in [0.15, 0.2) is 0 Å². The Balaban J connectivity index is 2.75. The minimum atomic E-state index is -0.642. The van der Waals surface area contributed by atoms with E-state index in [1.165, 1.54) is 6.08 Å². The fraction of sp³-hybridized carbons (Fsp3) is 0.357. The summed E-state index contributed by atoms with van der Waals surface area (Å²) in [5.74, 6) is 0.298. The summed E-state index contributed by atoms with van der Waals surface area (Å²) in [5, 5.41) is 20.2. The first-order valence-corrected chi connectivity index (χ1v) is 5.95. The Morgan fingerprint density at radius 1 is 1.42 bits per heavy atom. The summed E-state index contributed by atoms with van der Waals surface area (Å²) < 4.78 is 5.19. The number of ether oxygens (including phenoxy) is 1. The molecule has 1 rings (SSSR count). The van der Waals surface area contributed by atoms with Gasteiger partial charge in [0.1, 0.15) is 5.75 Å². The van der Waals surface area contributed by atoms with Crippen LogP contribution in [0, 0.1) is 6.92 Å². The second kappa shape index (κ2) is 7.56. The van der Waals surface area contributed by atoms with E-state index in [0.717, 1.165) is 11.1 Å². The van der Waals surface area contributed by atoms with Crippen molar-refractivity contribution in [1.29, 1.82) is 0 Å². The predicted octanol–water partition coefficient (Wildman–Crippen LogP) is 0.486. The van der Waals surface area contributed by atoms with Gasteiger partial charge in [0.2, 0.25) is 5.91 Å². The maximum atomic E-state index is 11.6. The van der Waals surface area contributed by atoms with Crippen LogP contribution in [0.3, 0.4) is 0 Å². The highest BCUT2D eigenvalue weighted by atomic mass is 16.5. The van der Waals surface area contributed by atoms with E-state index in [-0.39, 0.29) is 19.1 Å². The zero-order valence-corrected chi connectivity index (χ0v) is 11.1. The van der Waals surface area contributed by atoms with Gasteiger partial charge < -0.3 is 20.3 Å². The molecule has 5 heteroatoms. The molecule has 0 unspecified atom stereocenters. The van der Waals surface area contributed by atoms with Gasteiger partial charge in [0, 0.05) is 11.6 Å². The van der Waals surface area contributed by atoms with Gasteiger partial charge >= 0.3 is 0 Å². The molecule has 19 heavy (non-hydrogen) atoms. The summed E-state index contributed by atoms with van der Waals surface area (Å²) in [6, 6.07) is 5.01. The largest absolute Gasteiger partial charge is 0.496 e. The number of hydrogen-bond donors (Lipinski definition) is 3. The first-order chi connectivity index (χ1) is 9.10. The molecule has 1 amide bonds. The highest BCUT2D eigenvalue weighted by molar-refractivity contribution is 5.92. The van der Waals surface area contributed by atoms with Crippen LogP contribution in [0.4, 0.5) is 0 Å². The number of aliphatic hydroxyl groups excluding tert-OH is 2. The van der Waals surface area contributed by atoms with Crippen molar-refractivity contribution in [2.75, 3.05) is 20.3 Å². The molecule has 0 aromatic heterocycles. The van der Waals surface area contributed by atoms with E-state index in [1.807, 2.05) is 25.1 Å². The van der Waals surface area contributed by atoms with Crippen LogP contribution < -0.4 is 10.1 Å². The third kappa shape index (κ3) is 4.73. The molecule has 0 saturated carbocycles. The first-order valence-electron chi connectivity index (χ1n) is 5.95. The quantitative estimate of drug-likeness (QED) is 0.654. The second-order valence-corrected chi connectivity index (χ2v) is 4.15. The standard InChI is InChI=1S/C14H19NO4/c1-10-3-5-13(19-2)11(7-10)4-6-14(18)15-12(8-16)9-17/h3-7,12,16-17H,8-9H2,1-2H3,(H,15,18). The van der Waals surface area contributed by atoms with E-state index in [2.05, 4.69) is 5.32 Å². The summed E-state index contributed by atoms with van der Waals surface area (Å²) in [6.45, 7) is 1.35. The van der Waals surface area contributed by atoms with Crippen LogP contribution in [-0.4, -0.2) is 42.5 Å². The molecule has 0 radical (unpaired) electrons. The van der Waals surface area contributed by atoms with Crippen molar-refractivity contribution in [1.82, 2.24) is 5.32 Å².